The Bertz CT molecular complexity index is 825. The third-order valence-corrected chi connectivity index (χ3v) is 3.74. The van der Waals surface area contributed by atoms with Crippen molar-refractivity contribution in [1.29, 1.82) is 0 Å². The van der Waals surface area contributed by atoms with E-state index < -0.39 is 18.5 Å². The summed E-state index contributed by atoms with van der Waals surface area (Å²) >= 11 is 5.79. The number of fused-ring (bicyclic) bond motifs is 1. The van der Waals surface area contributed by atoms with Gasteiger partial charge in [0.25, 0.3) is 5.91 Å². The number of anilines is 2. The van der Waals surface area contributed by atoms with Crippen molar-refractivity contribution in [2.75, 3.05) is 30.9 Å². The number of carbonyl (C=O) groups is 2. The molecular formula is C17H15ClN2O5. The molecule has 0 atom stereocenters. The second kappa shape index (κ2) is 7.31. The molecule has 1 aliphatic rings. The van der Waals surface area contributed by atoms with Crippen LogP contribution >= 0.6 is 11.6 Å². The van der Waals surface area contributed by atoms with Crippen molar-refractivity contribution in [3.63, 3.8) is 0 Å². The van der Waals surface area contributed by atoms with Gasteiger partial charge in [-0.1, -0.05) is 11.6 Å². The first kappa shape index (κ1) is 16.9. The van der Waals surface area contributed by atoms with Crippen molar-refractivity contribution in [3.05, 3.63) is 47.0 Å². The van der Waals surface area contributed by atoms with E-state index in [0.717, 1.165) is 0 Å². The number of benzene rings is 2. The SMILES string of the molecule is Nc1cc(C(=O)OCC(=O)Nc2ccc3c(c2)OCCO3)ccc1Cl. The largest absolute Gasteiger partial charge is 0.486 e. The summed E-state index contributed by atoms with van der Waals surface area (Å²) in [5.74, 6) is 0.0290. The number of esters is 1. The highest BCUT2D eigenvalue weighted by molar-refractivity contribution is 6.33. The number of amides is 1. The van der Waals surface area contributed by atoms with E-state index in [1.54, 1.807) is 18.2 Å². The fourth-order valence-corrected chi connectivity index (χ4v) is 2.32. The van der Waals surface area contributed by atoms with Crippen molar-refractivity contribution in [2.24, 2.45) is 0 Å². The fourth-order valence-electron chi connectivity index (χ4n) is 2.20. The summed E-state index contributed by atoms with van der Waals surface area (Å²) in [6, 6.07) is 9.37. The number of hydrogen-bond acceptors (Lipinski definition) is 6. The van der Waals surface area contributed by atoms with E-state index in [4.69, 9.17) is 31.5 Å². The van der Waals surface area contributed by atoms with Gasteiger partial charge in [-0.15, -0.1) is 0 Å². The lowest BCUT2D eigenvalue weighted by molar-refractivity contribution is -0.119. The molecule has 0 saturated carbocycles. The van der Waals surface area contributed by atoms with Gasteiger partial charge in [-0.2, -0.15) is 0 Å². The van der Waals surface area contributed by atoms with Crippen LogP contribution in [0.4, 0.5) is 11.4 Å². The number of nitrogens with two attached hydrogens (primary N) is 1. The van der Waals surface area contributed by atoms with Crippen LogP contribution < -0.4 is 20.5 Å². The number of nitrogens with one attached hydrogen (secondary N) is 1. The molecule has 2 aromatic rings. The standard InChI is InChI=1S/C17H15ClN2O5/c18-12-3-1-10(7-13(12)19)17(22)25-9-16(21)20-11-2-4-14-15(8-11)24-6-5-23-14/h1-4,7-8H,5-6,9,19H2,(H,20,21). The molecule has 0 radical (unpaired) electrons. The summed E-state index contributed by atoms with van der Waals surface area (Å²) in [6.45, 7) is 0.506. The Labute approximate surface area is 148 Å². The first-order valence-corrected chi connectivity index (χ1v) is 7.82. The summed E-state index contributed by atoms with van der Waals surface area (Å²) in [6.07, 6.45) is 0. The van der Waals surface area contributed by atoms with Crippen molar-refractivity contribution < 1.29 is 23.8 Å². The van der Waals surface area contributed by atoms with Crippen LogP contribution in [0.1, 0.15) is 10.4 Å². The second-order valence-electron chi connectivity index (χ2n) is 5.22. The molecule has 3 N–H and O–H groups in total. The van der Waals surface area contributed by atoms with Gasteiger partial charge in [-0.3, -0.25) is 4.79 Å². The predicted molar refractivity (Wildman–Crippen MR) is 92.2 cm³/mol. The first-order valence-electron chi connectivity index (χ1n) is 7.44. The quantitative estimate of drug-likeness (QED) is 0.640. The fraction of sp³-hybridized carbons (Fsp3) is 0.176. The molecular weight excluding hydrogens is 348 g/mol. The Balaban J connectivity index is 1.55. The molecule has 8 heteroatoms. The number of carbonyl (C=O) groups excluding carboxylic acids is 2. The van der Waals surface area contributed by atoms with Crippen LogP contribution in [0.3, 0.4) is 0 Å². The van der Waals surface area contributed by atoms with Gasteiger partial charge in [-0.05, 0) is 30.3 Å². The van der Waals surface area contributed by atoms with Crippen LogP contribution in [-0.4, -0.2) is 31.7 Å². The summed E-state index contributed by atoms with van der Waals surface area (Å²) in [5, 5.41) is 2.96. The minimum absolute atomic E-state index is 0.217. The highest BCUT2D eigenvalue weighted by Gasteiger charge is 2.14. The summed E-state index contributed by atoms with van der Waals surface area (Å²) in [5.41, 5.74) is 6.62. The molecule has 0 saturated heterocycles. The maximum atomic E-state index is 11.9. The molecule has 3 rings (SSSR count). The Morgan fingerprint density at radius 3 is 2.64 bits per heavy atom. The highest BCUT2D eigenvalue weighted by atomic mass is 35.5. The smallest absolute Gasteiger partial charge is 0.338 e. The topological polar surface area (TPSA) is 99.9 Å². The van der Waals surface area contributed by atoms with Gasteiger partial charge in [0.15, 0.2) is 18.1 Å². The van der Waals surface area contributed by atoms with Gasteiger partial charge in [0.05, 0.1) is 16.3 Å². The molecule has 1 aliphatic heterocycles. The van der Waals surface area contributed by atoms with Crippen LogP contribution in [-0.2, 0) is 9.53 Å². The molecule has 25 heavy (non-hydrogen) atoms. The van der Waals surface area contributed by atoms with Crippen molar-refractivity contribution in [3.8, 4) is 11.5 Å². The van der Waals surface area contributed by atoms with Gasteiger partial charge >= 0.3 is 5.97 Å². The minimum atomic E-state index is -0.666. The van der Waals surface area contributed by atoms with Crippen molar-refractivity contribution >= 4 is 34.9 Å². The molecule has 7 nitrogen and oxygen atoms in total. The van der Waals surface area contributed by atoms with Gasteiger partial charge in [-0.25, -0.2) is 4.79 Å². The van der Waals surface area contributed by atoms with E-state index in [2.05, 4.69) is 5.32 Å². The lowest BCUT2D eigenvalue weighted by atomic mass is 10.2. The van der Waals surface area contributed by atoms with Gasteiger partial charge in [0, 0.05) is 11.8 Å². The average molecular weight is 363 g/mol. The van der Waals surface area contributed by atoms with Gasteiger partial charge in [0.1, 0.15) is 13.2 Å². The van der Waals surface area contributed by atoms with Crippen LogP contribution in [0.2, 0.25) is 5.02 Å². The third-order valence-electron chi connectivity index (χ3n) is 3.39. The van der Waals surface area contributed by atoms with E-state index in [-0.39, 0.29) is 11.3 Å². The summed E-state index contributed by atoms with van der Waals surface area (Å²) in [7, 11) is 0. The Morgan fingerprint density at radius 2 is 1.88 bits per heavy atom. The van der Waals surface area contributed by atoms with E-state index in [1.807, 2.05) is 0 Å². The predicted octanol–water partition coefficient (Wildman–Crippen LogP) is 2.49. The van der Waals surface area contributed by atoms with Crippen LogP contribution in [0.15, 0.2) is 36.4 Å². The summed E-state index contributed by atoms with van der Waals surface area (Å²) in [4.78, 5) is 23.9. The van der Waals surface area contributed by atoms with Crippen LogP contribution in [0.25, 0.3) is 0 Å². The second-order valence-corrected chi connectivity index (χ2v) is 5.63. The van der Waals surface area contributed by atoms with Crippen molar-refractivity contribution in [1.82, 2.24) is 0 Å². The Hall–Kier alpha value is -2.93. The van der Waals surface area contributed by atoms with Gasteiger partial charge in [0.2, 0.25) is 0 Å². The zero-order valence-corrected chi connectivity index (χ0v) is 13.8. The molecule has 2 aromatic carbocycles. The molecule has 130 valence electrons. The molecule has 0 aromatic heterocycles. The minimum Gasteiger partial charge on any atom is -0.486 e. The van der Waals surface area contributed by atoms with E-state index in [1.165, 1.54) is 18.2 Å². The lowest BCUT2D eigenvalue weighted by Crippen LogP contribution is -2.21. The lowest BCUT2D eigenvalue weighted by Gasteiger charge is -2.19. The molecule has 1 heterocycles. The van der Waals surface area contributed by atoms with E-state index in [0.29, 0.717) is 35.4 Å². The number of ether oxygens (including phenoxy) is 3. The average Bonchev–Trinajstić information content (AvgIpc) is 2.62. The normalized spacial score (nSPS) is 12.4. The van der Waals surface area contributed by atoms with E-state index >= 15 is 0 Å². The molecule has 0 spiro atoms. The van der Waals surface area contributed by atoms with Crippen LogP contribution in [0, 0.1) is 0 Å². The molecule has 0 unspecified atom stereocenters. The molecule has 1 amide bonds. The molecule has 0 bridgehead atoms. The highest BCUT2D eigenvalue weighted by Crippen LogP contribution is 2.32. The van der Waals surface area contributed by atoms with Crippen LogP contribution in [0.5, 0.6) is 11.5 Å². The number of halogens is 1. The number of hydrogen-bond donors (Lipinski definition) is 2. The molecule has 0 fully saturated rings. The Morgan fingerprint density at radius 1 is 1.12 bits per heavy atom. The van der Waals surface area contributed by atoms with E-state index in [9.17, 15) is 9.59 Å². The number of rotatable bonds is 4. The summed E-state index contributed by atoms with van der Waals surface area (Å²) < 4.78 is 15.8. The van der Waals surface area contributed by atoms with Gasteiger partial charge < -0.3 is 25.3 Å². The maximum absolute atomic E-state index is 11.9. The Kier molecular flexibility index (Phi) is 4.95. The third kappa shape index (κ3) is 4.13. The maximum Gasteiger partial charge on any atom is 0.338 e. The molecule has 0 aliphatic carbocycles. The number of nitrogen functional groups attached to an aromatic ring is 1. The monoisotopic (exact) mass is 362 g/mol. The first-order chi connectivity index (χ1) is 12.0. The zero-order chi connectivity index (χ0) is 17.8. The zero-order valence-electron chi connectivity index (χ0n) is 13.1. The van der Waals surface area contributed by atoms with Crippen molar-refractivity contribution in [2.45, 2.75) is 0 Å².